The first kappa shape index (κ1) is 17.0. The van der Waals surface area contributed by atoms with Gasteiger partial charge in [-0.1, -0.05) is 19.3 Å². The van der Waals surface area contributed by atoms with E-state index in [-0.39, 0.29) is 11.9 Å². The number of fused-ring (bicyclic) bond motifs is 1. The molecule has 7 nitrogen and oxygen atoms in total. The van der Waals surface area contributed by atoms with Crippen LogP contribution in [0.25, 0.3) is 10.2 Å². The van der Waals surface area contributed by atoms with E-state index in [1.807, 2.05) is 22.3 Å². The molecule has 1 atom stereocenters. The Balaban J connectivity index is 1.56. The molecular weight excluding hydrogens is 348 g/mol. The fraction of sp³-hybridized carbons (Fsp3) is 0.444. The van der Waals surface area contributed by atoms with Gasteiger partial charge >= 0.3 is 0 Å². The SMILES string of the molecule is NC(=O)CC(C1CCCCC1)n1cc(Nc2ncnc3sccc23)cn1. The van der Waals surface area contributed by atoms with Crippen molar-refractivity contribution in [2.45, 2.75) is 44.6 Å². The number of nitrogens with zero attached hydrogens (tertiary/aromatic N) is 4. The normalized spacial score (nSPS) is 16.6. The zero-order valence-corrected chi connectivity index (χ0v) is 15.3. The van der Waals surface area contributed by atoms with Gasteiger partial charge in [0.05, 0.1) is 23.3 Å². The van der Waals surface area contributed by atoms with Gasteiger partial charge in [-0.2, -0.15) is 5.10 Å². The number of hydrogen-bond donors (Lipinski definition) is 2. The maximum Gasteiger partial charge on any atom is 0.219 e. The van der Waals surface area contributed by atoms with E-state index in [9.17, 15) is 4.79 Å². The maximum atomic E-state index is 11.6. The molecule has 1 aliphatic carbocycles. The van der Waals surface area contributed by atoms with E-state index in [1.54, 1.807) is 23.9 Å². The molecule has 0 radical (unpaired) electrons. The Morgan fingerprint density at radius 3 is 3.00 bits per heavy atom. The largest absolute Gasteiger partial charge is 0.370 e. The molecule has 26 heavy (non-hydrogen) atoms. The first-order valence-electron chi connectivity index (χ1n) is 8.98. The second kappa shape index (κ2) is 7.41. The molecular formula is C18H22N6OS. The summed E-state index contributed by atoms with van der Waals surface area (Å²) in [5.41, 5.74) is 6.36. The second-order valence-electron chi connectivity index (χ2n) is 6.83. The van der Waals surface area contributed by atoms with E-state index < -0.39 is 0 Å². The van der Waals surface area contributed by atoms with Crippen LogP contribution in [0.4, 0.5) is 11.5 Å². The average molecular weight is 370 g/mol. The van der Waals surface area contributed by atoms with E-state index in [1.165, 1.54) is 19.3 Å². The van der Waals surface area contributed by atoms with Gasteiger partial charge in [-0.15, -0.1) is 11.3 Å². The maximum absolute atomic E-state index is 11.6. The lowest BCUT2D eigenvalue weighted by atomic mass is 9.82. The van der Waals surface area contributed by atoms with Crippen molar-refractivity contribution in [3.05, 3.63) is 30.2 Å². The second-order valence-corrected chi connectivity index (χ2v) is 7.73. The van der Waals surface area contributed by atoms with Crippen LogP contribution >= 0.6 is 11.3 Å². The Hall–Kier alpha value is -2.48. The standard InChI is InChI=1S/C18H22N6OS/c19-16(25)8-15(12-4-2-1-3-5-12)24-10-13(9-22-24)23-17-14-6-7-26-18(14)21-11-20-17/h6-7,9-12,15H,1-5,8H2,(H2,19,25)(H,20,21,23). The highest BCUT2D eigenvalue weighted by Gasteiger charge is 2.27. The third-order valence-electron chi connectivity index (χ3n) is 5.07. The number of nitrogens with one attached hydrogen (secondary N) is 1. The molecule has 1 fully saturated rings. The van der Waals surface area contributed by atoms with Crippen molar-refractivity contribution in [3.8, 4) is 0 Å². The zero-order chi connectivity index (χ0) is 17.9. The first-order chi connectivity index (χ1) is 12.7. The fourth-order valence-corrected chi connectivity index (χ4v) is 4.54. The van der Waals surface area contributed by atoms with Crippen molar-refractivity contribution in [2.75, 3.05) is 5.32 Å². The van der Waals surface area contributed by atoms with Gasteiger partial charge in [0.2, 0.25) is 5.91 Å². The quantitative estimate of drug-likeness (QED) is 0.690. The molecule has 1 aliphatic rings. The molecule has 0 aromatic carbocycles. The number of carbonyl (C=O) groups excluding carboxylic acids is 1. The van der Waals surface area contributed by atoms with Gasteiger partial charge < -0.3 is 11.1 Å². The summed E-state index contributed by atoms with van der Waals surface area (Å²) >= 11 is 1.58. The number of carbonyl (C=O) groups is 1. The lowest BCUT2D eigenvalue weighted by Crippen LogP contribution is -2.27. The first-order valence-corrected chi connectivity index (χ1v) is 9.86. The minimum absolute atomic E-state index is 0.0231. The summed E-state index contributed by atoms with van der Waals surface area (Å²) in [6.07, 6.45) is 11.6. The van der Waals surface area contributed by atoms with Crippen LogP contribution < -0.4 is 11.1 Å². The van der Waals surface area contributed by atoms with Crippen LogP contribution in [-0.2, 0) is 4.79 Å². The van der Waals surface area contributed by atoms with Crippen molar-refractivity contribution < 1.29 is 4.79 Å². The summed E-state index contributed by atoms with van der Waals surface area (Å²) in [7, 11) is 0. The summed E-state index contributed by atoms with van der Waals surface area (Å²) < 4.78 is 1.90. The van der Waals surface area contributed by atoms with Crippen LogP contribution in [-0.4, -0.2) is 25.7 Å². The number of aromatic nitrogens is 4. The van der Waals surface area contributed by atoms with E-state index in [0.717, 1.165) is 34.6 Å². The topological polar surface area (TPSA) is 98.7 Å². The van der Waals surface area contributed by atoms with Gasteiger partial charge in [-0.05, 0) is 30.2 Å². The minimum atomic E-state index is -0.277. The van der Waals surface area contributed by atoms with Gasteiger partial charge in [-0.25, -0.2) is 9.97 Å². The third kappa shape index (κ3) is 3.55. The minimum Gasteiger partial charge on any atom is -0.370 e. The molecule has 3 heterocycles. The molecule has 3 N–H and O–H groups in total. The van der Waals surface area contributed by atoms with Gasteiger partial charge in [0.15, 0.2) is 0 Å². The summed E-state index contributed by atoms with van der Waals surface area (Å²) in [6, 6.07) is 2.03. The summed E-state index contributed by atoms with van der Waals surface area (Å²) in [5, 5.41) is 10.8. The van der Waals surface area contributed by atoms with Crippen molar-refractivity contribution in [2.24, 2.45) is 11.7 Å². The van der Waals surface area contributed by atoms with E-state index in [4.69, 9.17) is 5.73 Å². The van der Waals surface area contributed by atoms with Gasteiger partial charge in [0.1, 0.15) is 17.0 Å². The lowest BCUT2D eigenvalue weighted by molar-refractivity contribution is -0.119. The van der Waals surface area contributed by atoms with Gasteiger partial charge in [0.25, 0.3) is 0 Å². The molecule has 0 spiro atoms. The number of rotatable bonds is 6. The predicted molar refractivity (Wildman–Crippen MR) is 102 cm³/mol. The Labute approximate surface area is 155 Å². The molecule has 3 aromatic rings. The van der Waals surface area contributed by atoms with E-state index >= 15 is 0 Å². The highest BCUT2D eigenvalue weighted by Crippen LogP contribution is 2.35. The lowest BCUT2D eigenvalue weighted by Gasteiger charge is -2.29. The van der Waals surface area contributed by atoms with E-state index in [2.05, 4.69) is 20.4 Å². The number of anilines is 2. The highest BCUT2D eigenvalue weighted by atomic mass is 32.1. The highest BCUT2D eigenvalue weighted by molar-refractivity contribution is 7.16. The average Bonchev–Trinajstić information content (AvgIpc) is 3.30. The smallest absolute Gasteiger partial charge is 0.219 e. The number of hydrogen-bond acceptors (Lipinski definition) is 6. The van der Waals surface area contributed by atoms with Crippen LogP contribution in [0.1, 0.15) is 44.6 Å². The fourth-order valence-electron chi connectivity index (χ4n) is 3.81. The van der Waals surface area contributed by atoms with Crippen molar-refractivity contribution in [3.63, 3.8) is 0 Å². The van der Waals surface area contributed by atoms with Crippen LogP contribution in [0.2, 0.25) is 0 Å². The Kier molecular flexibility index (Phi) is 4.83. The number of amides is 1. The van der Waals surface area contributed by atoms with Crippen molar-refractivity contribution in [1.82, 2.24) is 19.7 Å². The van der Waals surface area contributed by atoms with Crippen LogP contribution in [0.15, 0.2) is 30.2 Å². The molecule has 1 saturated carbocycles. The van der Waals surface area contributed by atoms with Crippen LogP contribution in [0.3, 0.4) is 0 Å². The van der Waals surface area contributed by atoms with E-state index in [0.29, 0.717) is 12.3 Å². The molecule has 0 bridgehead atoms. The summed E-state index contributed by atoms with van der Waals surface area (Å²) in [4.78, 5) is 21.1. The molecule has 3 aromatic heterocycles. The van der Waals surface area contributed by atoms with Gasteiger partial charge in [-0.3, -0.25) is 9.48 Å². The molecule has 0 saturated heterocycles. The van der Waals surface area contributed by atoms with Crippen molar-refractivity contribution in [1.29, 1.82) is 0 Å². The molecule has 8 heteroatoms. The third-order valence-corrected chi connectivity index (χ3v) is 5.89. The van der Waals surface area contributed by atoms with Gasteiger partial charge in [0, 0.05) is 12.6 Å². The Morgan fingerprint density at radius 2 is 2.19 bits per heavy atom. The molecule has 4 rings (SSSR count). The van der Waals surface area contributed by atoms with Crippen LogP contribution in [0.5, 0.6) is 0 Å². The van der Waals surface area contributed by atoms with Crippen molar-refractivity contribution >= 4 is 39.0 Å². The zero-order valence-electron chi connectivity index (χ0n) is 14.5. The monoisotopic (exact) mass is 370 g/mol. The van der Waals surface area contributed by atoms with Crippen LogP contribution in [0, 0.1) is 5.92 Å². The molecule has 1 amide bonds. The summed E-state index contributed by atoms with van der Waals surface area (Å²) in [5.74, 6) is 0.938. The Morgan fingerprint density at radius 1 is 1.35 bits per heavy atom. The Bertz CT molecular complexity index is 898. The molecule has 0 aliphatic heterocycles. The summed E-state index contributed by atoms with van der Waals surface area (Å²) in [6.45, 7) is 0. The molecule has 1 unspecified atom stereocenters. The number of primary amides is 1. The molecule has 136 valence electrons. The predicted octanol–water partition coefficient (Wildman–Crippen LogP) is 3.63. The number of nitrogens with two attached hydrogens (primary N) is 1. The number of thiophene rings is 1.